The summed E-state index contributed by atoms with van der Waals surface area (Å²) >= 11 is 0. The number of allylic oxidation sites excluding steroid dienone is 1. The second kappa shape index (κ2) is 7.93. The van der Waals surface area contributed by atoms with E-state index in [-0.39, 0.29) is 5.04 Å². The molecule has 2 nitrogen and oxygen atoms in total. The van der Waals surface area contributed by atoms with E-state index in [0.29, 0.717) is 18.3 Å². The molecule has 1 fully saturated rings. The second-order valence-electron chi connectivity index (χ2n) is 8.00. The predicted octanol–water partition coefficient (Wildman–Crippen LogP) is 5.69. The third-order valence-corrected chi connectivity index (χ3v) is 9.53. The Labute approximate surface area is 133 Å². The van der Waals surface area contributed by atoms with Crippen LogP contribution >= 0.6 is 0 Å². The van der Waals surface area contributed by atoms with Gasteiger partial charge in [-0.15, -0.1) is 6.58 Å². The van der Waals surface area contributed by atoms with Crippen LogP contribution in [0.15, 0.2) is 12.7 Å². The van der Waals surface area contributed by atoms with E-state index in [0.717, 1.165) is 12.8 Å². The average molecular weight is 313 g/mol. The Morgan fingerprint density at radius 3 is 2.24 bits per heavy atom. The molecule has 1 heterocycles. The normalized spacial score (nSPS) is 23.9. The standard InChI is InChI=1S/C18H36O2Si/c1-8-9-10-11-12-13-14-16(17-15(2)19-17)20-21(6,7)18(3,4)5/h8,15-17H,1,9-14H2,2-7H3/t15-,16-,17+/m1/s1. The van der Waals surface area contributed by atoms with E-state index in [1.54, 1.807) is 0 Å². The number of ether oxygens (including phenoxy) is 1. The zero-order valence-electron chi connectivity index (χ0n) is 15.1. The van der Waals surface area contributed by atoms with Crippen molar-refractivity contribution in [1.29, 1.82) is 0 Å². The van der Waals surface area contributed by atoms with Crippen molar-refractivity contribution in [3.63, 3.8) is 0 Å². The van der Waals surface area contributed by atoms with E-state index in [4.69, 9.17) is 9.16 Å². The molecule has 0 aromatic rings. The van der Waals surface area contributed by atoms with Crippen molar-refractivity contribution in [3.8, 4) is 0 Å². The molecule has 21 heavy (non-hydrogen) atoms. The lowest BCUT2D eigenvalue weighted by Gasteiger charge is -2.39. The summed E-state index contributed by atoms with van der Waals surface area (Å²) in [5.41, 5.74) is 0. The molecule has 0 saturated carbocycles. The molecule has 0 aliphatic carbocycles. The van der Waals surface area contributed by atoms with Crippen LogP contribution in [0.1, 0.15) is 66.2 Å². The van der Waals surface area contributed by atoms with Crippen molar-refractivity contribution in [2.24, 2.45) is 0 Å². The van der Waals surface area contributed by atoms with Crippen molar-refractivity contribution < 1.29 is 9.16 Å². The highest BCUT2D eigenvalue weighted by Gasteiger charge is 2.47. The summed E-state index contributed by atoms with van der Waals surface area (Å²) in [6.07, 6.45) is 10.5. The van der Waals surface area contributed by atoms with Gasteiger partial charge in [0, 0.05) is 0 Å². The molecule has 0 spiro atoms. The molecule has 0 bridgehead atoms. The average Bonchev–Trinajstić information content (AvgIpc) is 3.07. The Morgan fingerprint density at radius 2 is 1.76 bits per heavy atom. The Bertz CT molecular complexity index is 320. The number of hydrogen-bond donors (Lipinski definition) is 0. The summed E-state index contributed by atoms with van der Waals surface area (Å²) in [6.45, 7) is 17.6. The minimum atomic E-state index is -1.69. The smallest absolute Gasteiger partial charge is 0.192 e. The van der Waals surface area contributed by atoms with Crippen LogP contribution in [-0.2, 0) is 9.16 Å². The summed E-state index contributed by atoms with van der Waals surface area (Å²) in [6, 6.07) is 0. The van der Waals surface area contributed by atoms with Crippen molar-refractivity contribution in [2.75, 3.05) is 0 Å². The van der Waals surface area contributed by atoms with Gasteiger partial charge in [-0.2, -0.15) is 0 Å². The van der Waals surface area contributed by atoms with Crippen LogP contribution < -0.4 is 0 Å². The summed E-state index contributed by atoms with van der Waals surface area (Å²) in [7, 11) is -1.69. The Hall–Kier alpha value is -0.123. The summed E-state index contributed by atoms with van der Waals surface area (Å²) < 4.78 is 12.3. The molecule has 0 aromatic heterocycles. The Kier molecular flexibility index (Phi) is 7.15. The van der Waals surface area contributed by atoms with Gasteiger partial charge in [-0.3, -0.25) is 0 Å². The maximum absolute atomic E-state index is 6.62. The van der Waals surface area contributed by atoms with Gasteiger partial charge in [0.2, 0.25) is 0 Å². The highest BCUT2D eigenvalue weighted by Crippen LogP contribution is 2.40. The fourth-order valence-corrected chi connectivity index (χ4v) is 3.79. The Morgan fingerprint density at radius 1 is 1.19 bits per heavy atom. The third-order valence-electron chi connectivity index (χ3n) is 5.02. The molecule has 1 aliphatic rings. The monoisotopic (exact) mass is 312 g/mol. The highest BCUT2D eigenvalue weighted by molar-refractivity contribution is 6.74. The molecule has 1 saturated heterocycles. The zero-order chi connectivity index (χ0) is 16.1. The fourth-order valence-electron chi connectivity index (χ4n) is 2.43. The van der Waals surface area contributed by atoms with Crippen LogP contribution in [0.4, 0.5) is 0 Å². The fraction of sp³-hybridized carbons (Fsp3) is 0.889. The maximum Gasteiger partial charge on any atom is 0.192 e. The number of hydrogen-bond acceptors (Lipinski definition) is 2. The number of unbranched alkanes of at least 4 members (excludes halogenated alkanes) is 4. The molecule has 1 aliphatic heterocycles. The zero-order valence-corrected chi connectivity index (χ0v) is 16.1. The third kappa shape index (κ3) is 6.25. The maximum atomic E-state index is 6.62. The minimum Gasteiger partial charge on any atom is -0.411 e. The second-order valence-corrected chi connectivity index (χ2v) is 12.8. The molecule has 3 atom stereocenters. The first-order valence-electron chi connectivity index (χ1n) is 8.63. The van der Waals surface area contributed by atoms with Crippen LogP contribution in [0.2, 0.25) is 18.1 Å². The first kappa shape index (κ1) is 18.9. The topological polar surface area (TPSA) is 21.8 Å². The van der Waals surface area contributed by atoms with E-state index < -0.39 is 8.32 Å². The SMILES string of the molecule is C=CCCCCCC[C@@H](O[Si](C)(C)C(C)(C)C)[C@H]1O[C@@H]1C. The van der Waals surface area contributed by atoms with Gasteiger partial charge < -0.3 is 9.16 Å². The van der Waals surface area contributed by atoms with E-state index in [1.807, 2.05) is 6.08 Å². The van der Waals surface area contributed by atoms with Gasteiger partial charge in [0.25, 0.3) is 0 Å². The van der Waals surface area contributed by atoms with Crippen LogP contribution in [0.3, 0.4) is 0 Å². The van der Waals surface area contributed by atoms with Gasteiger partial charge in [-0.25, -0.2) is 0 Å². The lowest BCUT2D eigenvalue weighted by atomic mass is 10.1. The molecule has 0 aromatic carbocycles. The molecule has 0 unspecified atom stereocenters. The molecule has 1 rings (SSSR count). The summed E-state index contributed by atoms with van der Waals surface area (Å²) in [5, 5.41) is 0.271. The van der Waals surface area contributed by atoms with Crippen LogP contribution in [0.5, 0.6) is 0 Å². The quantitative estimate of drug-likeness (QED) is 0.224. The highest BCUT2D eigenvalue weighted by atomic mass is 28.4. The molecule has 0 radical (unpaired) electrons. The summed E-state index contributed by atoms with van der Waals surface area (Å²) in [5.74, 6) is 0. The van der Waals surface area contributed by atoms with Gasteiger partial charge in [0.15, 0.2) is 8.32 Å². The molecule has 0 N–H and O–H groups in total. The van der Waals surface area contributed by atoms with Crippen LogP contribution in [0.25, 0.3) is 0 Å². The Balaban J connectivity index is 2.41. The first-order valence-corrected chi connectivity index (χ1v) is 11.5. The summed E-state index contributed by atoms with van der Waals surface area (Å²) in [4.78, 5) is 0. The van der Waals surface area contributed by atoms with E-state index in [1.165, 1.54) is 25.7 Å². The lowest BCUT2D eigenvalue weighted by molar-refractivity contribution is 0.131. The van der Waals surface area contributed by atoms with Crippen molar-refractivity contribution in [3.05, 3.63) is 12.7 Å². The van der Waals surface area contributed by atoms with Crippen molar-refractivity contribution in [2.45, 2.75) is 103 Å². The molecule has 3 heteroatoms. The van der Waals surface area contributed by atoms with E-state index in [2.05, 4.69) is 47.4 Å². The minimum absolute atomic E-state index is 0.271. The van der Waals surface area contributed by atoms with Gasteiger partial charge in [-0.1, -0.05) is 46.1 Å². The lowest BCUT2D eigenvalue weighted by Crippen LogP contribution is -2.45. The van der Waals surface area contributed by atoms with E-state index >= 15 is 0 Å². The number of rotatable bonds is 10. The molecular formula is C18H36O2Si. The van der Waals surface area contributed by atoms with Gasteiger partial charge in [0.1, 0.15) is 6.10 Å². The first-order chi connectivity index (χ1) is 9.69. The van der Waals surface area contributed by atoms with Gasteiger partial charge in [0.05, 0.1) is 12.2 Å². The van der Waals surface area contributed by atoms with Gasteiger partial charge >= 0.3 is 0 Å². The molecule has 0 amide bonds. The van der Waals surface area contributed by atoms with E-state index in [9.17, 15) is 0 Å². The molecular weight excluding hydrogens is 276 g/mol. The predicted molar refractivity (Wildman–Crippen MR) is 94.3 cm³/mol. The van der Waals surface area contributed by atoms with Gasteiger partial charge in [-0.05, 0) is 44.3 Å². The van der Waals surface area contributed by atoms with Crippen LogP contribution in [-0.4, -0.2) is 26.6 Å². The number of epoxide rings is 1. The van der Waals surface area contributed by atoms with Crippen molar-refractivity contribution >= 4 is 8.32 Å². The van der Waals surface area contributed by atoms with Crippen molar-refractivity contribution in [1.82, 2.24) is 0 Å². The van der Waals surface area contributed by atoms with Crippen LogP contribution in [0, 0.1) is 0 Å². The molecule has 124 valence electrons. The largest absolute Gasteiger partial charge is 0.411 e.